The minimum atomic E-state index is -0.593. The van der Waals surface area contributed by atoms with E-state index in [1.54, 1.807) is 6.92 Å². The first kappa shape index (κ1) is 10.8. The van der Waals surface area contributed by atoms with Gasteiger partial charge >= 0.3 is 0 Å². The van der Waals surface area contributed by atoms with Crippen LogP contribution < -0.4 is 0 Å². The van der Waals surface area contributed by atoms with Crippen LogP contribution in [-0.2, 0) is 11.2 Å². The molecule has 1 aromatic rings. The van der Waals surface area contributed by atoms with E-state index in [4.69, 9.17) is 0 Å². The maximum atomic E-state index is 13.4. The van der Waals surface area contributed by atoms with E-state index < -0.39 is 11.6 Å². The molecule has 1 rings (SSSR count). The molecule has 0 bridgehead atoms. The summed E-state index contributed by atoms with van der Waals surface area (Å²) in [7, 11) is 0. The van der Waals surface area contributed by atoms with Gasteiger partial charge in [0.1, 0.15) is 17.4 Å². The minimum absolute atomic E-state index is 0.00908. The quantitative estimate of drug-likeness (QED) is 0.714. The summed E-state index contributed by atoms with van der Waals surface area (Å²) in [5.74, 6) is -1.25. The van der Waals surface area contributed by atoms with E-state index in [2.05, 4.69) is 0 Å². The highest BCUT2D eigenvalue weighted by atomic mass is 19.1. The van der Waals surface area contributed by atoms with Crippen molar-refractivity contribution in [3.8, 4) is 0 Å². The van der Waals surface area contributed by atoms with Crippen LogP contribution in [0.4, 0.5) is 8.78 Å². The second kappa shape index (κ2) is 3.86. The van der Waals surface area contributed by atoms with Gasteiger partial charge < -0.3 is 0 Å². The van der Waals surface area contributed by atoms with Crippen LogP contribution in [-0.4, -0.2) is 5.78 Å². The molecule has 14 heavy (non-hydrogen) atoms. The molecule has 0 saturated heterocycles. The maximum absolute atomic E-state index is 13.4. The fraction of sp³-hybridized carbons (Fsp3) is 0.364. The Bertz CT molecular complexity index is 383. The molecule has 0 amide bonds. The number of halogens is 2. The maximum Gasteiger partial charge on any atom is 0.134 e. The molecular weight excluding hydrogens is 186 g/mol. The average molecular weight is 198 g/mol. The van der Waals surface area contributed by atoms with Gasteiger partial charge in [-0.1, -0.05) is 0 Å². The summed E-state index contributed by atoms with van der Waals surface area (Å²) in [5, 5.41) is 0. The molecule has 0 fully saturated rings. The van der Waals surface area contributed by atoms with Crippen molar-refractivity contribution in [1.82, 2.24) is 0 Å². The van der Waals surface area contributed by atoms with E-state index in [1.165, 1.54) is 19.9 Å². The zero-order valence-corrected chi connectivity index (χ0v) is 8.45. The van der Waals surface area contributed by atoms with Gasteiger partial charge in [0.15, 0.2) is 0 Å². The van der Waals surface area contributed by atoms with Crippen molar-refractivity contribution < 1.29 is 13.6 Å². The van der Waals surface area contributed by atoms with Gasteiger partial charge in [-0.05, 0) is 38.0 Å². The van der Waals surface area contributed by atoms with E-state index in [-0.39, 0.29) is 17.8 Å². The number of hydrogen-bond donors (Lipinski definition) is 0. The van der Waals surface area contributed by atoms with Crippen molar-refractivity contribution in [2.45, 2.75) is 27.2 Å². The van der Waals surface area contributed by atoms with Crippen LogP contribution in [0.5, 0.6) is 0 Å². The van der Waals surface area contributed by atoms with Crippen LogP contribution in [0.2, 0.25) is 0 Å². The monoisotopic (exact) mass is 198 g/mol. The van der Waals surface area contributed by atoms with Gasteiger partial charge in [-0.2, -0.15) is 0 Å². The average Bonchev–Trinajstić information content (AvgIpc) is 2.10. The number of carbonyl (C=O) groups excluding carboxylic acids is 1. The Balaban J connectivity index is 3.25. The summed E-state index contributed by atoms with van der Waals surface area (Å²) in [4.78, 5) is 10.8. The Morgan fingerprint density at radius 2 is 1.86 bits per heavy atom. The summed E-state index contributed by atoms with van der Waals surface area (Å²) in [6.07, 6.45) is 0.0833. The van der Waals surface area contributed by atoms with E-state index in [1.807, 2.05) is 0 Å². The SMILES string of the molecule is CC(=O)Cc1cc(F)c(C)c(F)c1C. The summed E-state index contributed by atoms with van der Waals surface area (Å²) >= 11 is 0. The molecule has 0 aliphatic carbocycles. The van der Waals surface area contributed by atoms with Crippen LogP contribution in [0.15, 0.2) is 6.07 Å². The first-order valence-corrected chi connectivity index (χ1v) is 4.37. The van der Waals surface area contributed by atoms with E-state index in [0.717, 1.165) is 0 Å². The number of hydrogen-bond acceptors (Lipinski definition) is 1. The van der Waals surface area contributed by atoms with Crippen molar-refractivity contribution >= 4 is 5.78 Å². The lowest BCUT2D eigenvalue weighted by atomic mass is 10.0. The first-order valence-electron chi connectivity index (χ1n) is 4.37. The summed E-state index contributed by atoms with van der Waals surface area (Å²) < 4.78 is 26.5. The van der Waals surface area contributed by atoms with Crippen molar-refractivity contribution in [3.63, 3.8) is 0 Å². The third-order valence-electron chi connectivity index (χ3n) is 2.24. The highest BCUT2D eigenvalue weighted by Gasteiger charge is 2.12. The van der Waals surface area contributed by atoms with E-state index in [9.17, 15) is 13.6 Å². The number of rotatable bonds is 2. The highest BCUT2D eigenvalue weighted by Crippen LogP contribution is 2.20. The highest BCUT2D eigenvalue weighted by molar-refractivity contribution is 5.78. The molecule has 0 N–H and O–H groups in total. The fourth-order valence-corrected chi connectivity index (χ4v) is 1.35. The van der Waals surface area contributed by atoms with E-state index in [0.29, 0.717) is 11.1 Å². The molecule has 0 radical (unpaired) electrons. The Kier molecular flexibility index (Phi) is 2.99. The lowest BCUT2D eigenvalue weighted by Crippen LogP contribution is -2.04. The van der Waals surface area contributed by atoms with E-state index >= 15 is 0 Å². The predicted molar refractivity (Wildman–Crippen MR) is 50.2 cm³/mol. The molecule has 0 spiro atoms. The Labute approximate surface area is 81.7 Å². The van der Waals surface area contributed by atoms with Gasteiger partial charge in [-0.15, -0.1) is 0 Å². The summed E-state index contributed by atoms with van der Waals surface area (Å²) in [6, 6.07) is 1.23. The van der Waals surface area contributed by atoms with Gasteiger partial charge in [-0.3, -0.25) is 4.79 Å². The second-order valence-corrected chi connectivity index (χ2v) is 3.46. The molecule has 3 heteroatoms. The predicted octanol–water partition coefficient (Wildman–Crippen LogP) is 2.71. The molecule has 76 valence electrons. The summed E-state index contributed by atoms with van der Waals surface area (Å²) in [6.45, 7) is 4.34. The van der Waals surface area contributed by atoms with Gasteiger partial charge in [0.2, 0.25) is 0 Å². The molecular formula is C11H12F2O. The Morgan fingerprint density at radius 3 is 2.36 bits per heavy atom. The zero-order chi connectivity index (χ0) is 10.9. The number of carbonyl (C=O) groups is 1. The Hall–Kier alpha value is -1.25. The lowest BCUT2D eigenvalue weighted by Gasteiger charge is -2.08. The third kappa shape index (κ3) is 1.97. The third-order valence-corrected chi connectivity index (χ3v) is 2.24. The molecule has 1 aromatic carbocycles. The number of Topliss-reactive ketones (excluding diaryl/α,β-unsaturated/α-hetero) is 1. The molecule has 0 atom stereocenters. The second-order valence-electron chi connectivity index (χ2n) is 3.46. The smallest absolute Gasteiger partial charge is 0.134 e. The molecule has 0 aliphatic rings. The van der Waals surface area contributed by atoms with Crippen molar-refractivity contribution in [2.24, 2.45) is 0 Å². The molecule has 1 nitrogen and oxygen atoms in total. The number of ketones is 1. The van der Waals surface area contributed by atoms with Gasteiger partial charge in [0.25, 0.3) is 0 Å². The molecule has 0 aliphatic heterocycles. The Morgan fingerprint density at radius 1 is 1.29 bits per heavy atom. The lowest BCUT2D eigenvalue weighted by molar-refractivity contribution is -0.116. The van der Waals surface area contributed by atoms with Crippen molar-refractivity contribution in [3.05, 3.63) is 34.4 Å². The van der Waals surface area contributed by atoms with Crippen LogP contribution in [0.3, 0.4) is 0 Å². The molecule has 0 aromatic heterocycles. The first-order chi connectivity index (χ1) is 6.43. The van der Waals surface area contributed by atoms with Crippen LogP contribution in [0.1, 0.15) is 23.6 Å². The van der Waals surface area contributed by atoms with Crippen LogP contribution in [0.25, 0.3) is 0 Å². The van der Waals surface area contributed by atoms with Gasteiger partial charge in [-0.25, -0.2) is 8.78 Å². The van der Waals surface area contributed by atoms with Crippen molar-refractivity contribution in [2.75, 3.05) is 0 Å². The normalized spacial score (nSPS) is 10.4. The van der Waals surface area contributed by atoms with Gasteiger partial charge in [0, 0.05) is 12.0 Å². The number of benzene rings is 1. The minimum Gasteiger partial charge on any atom is -0.300 e. The topological polar surface area (TPSA) is 17.1 Å². The zero-order valence-electron chi connectivity index (χ0n) is 8.45. The summed E-state index contributed by atoms with van der Waals surface area (Å²) in [5.41, 5.74) is 0.798. The molecule has 0 unspecified atom stereocenters. The van der Waals surface area contributed by atoms with Gasteiger partial charge in [0.05, 0.1) is 0 Å². The molecule has 0 heterocycles. The molecule has 0 saturated carbocycles. The largest absolute Gasteiger partial charge is 0.300 e. The van der Waals surface area contributed by atoms with Crippen LogP contribution >= 0.6 is 0 Å². The standard InChI is InChI=1S/C11H12F2O/c1-6(14)4-9-5-10(12)8(3)11(13)7(9)2/h5H,4H2,1-3H3. The fourth-order valence-electron chi connectivity index (χ4n) is 1.35. The van der Waals surface area contributed by atoms with Crippen molar-refractivity contribution in [1.29, 1.82) is 0 Å². The van der Waals surface area contributed by atoms with Crippen LogP contribution in [0, 0.1) is 25.5 Å².